The molecule has 0 radical (unpaired) electrons. The Labute approximate surface area is 99.2 Å². The normalized spacial score (nSPS) is 12.0. The zero-order valence-corrected chi connectivity index (χ0v) is 11.1. The third-order valence-corrected chi connectivity index (χ3v) is 2.60. The Kier molecular flexibility index (Phi) is 5.00. The van der Waals surface area contributed by atoms with Crippen LogP contribution in [0.15, 0.2) is 12.3 Å². The van der Waals surface area contributed by atoms with Crippen molar-refractivity contribution in [2.75, 3.05) is 6.54 Å². The largest absolute Gasteiger partial charge is 0.311 e. The van der Waals surface area contributed by atoms with Gasteiger partial charge in [-0.3, -0.25) is 4.68 Å². The standard InChI is InChI=1S/C13H25N3/c1-5-10-16-12(6-8-15-16)11-14-9-7-13(2,3)4/h6,8,14H,5,7,9-11H2,1-4H3. The first-order valence-corrected chi connectivity index (χ1v) is 6.24. The van der Waals surface area contributed by atoms with Gasteiger partial charge in [-0.05, 0) is 30.9 Å². The SMILES string of the molecule is CCCn1nccc1CNCCC(C)(C)C. The van der Waals surface area contributed by atoms with Gasteiger partial charge >= 0.3 is 0 Å². The molecule has 0 saturated heterocycles. The number of hydrogen-bond donors (Lipinski definition) is 1. The summed E-state index contributed by atoms with van der Waals surface area (Å²) in [6, 6.07) is 2.10. The maximum Gasteiger partial charge on any atom is 0.0522 e. The molecule has 92 valence electrons. The number of hydrogen-bond acceptors (Lipinski definition) is 2. The lowest BCUT2D eigenvalue weighted by molar-refractivity contribution is 0.365. The molecule has 3 nitrogen and oxygen atoms in total. The quantitative estimate of drug-likeness (QED) is 0.752. The Bertz CT molecular complexity index is 296. The van der Waals surface area contributed by atoms with Crippen molar-refractivity contribution in [3.8, 4) is 0 Å². The maximum absolute atomic E-state index is 4.31. The summed E-state index contributed by atoms with van der Waals surface area (Å²) in [5.41, 5.74) is 1.70. The fraction of sp³-hybridized carbons (Fsp3) is 0.769. The van der Waals surface area contributed by atoms with E-state index in [2.05, 4.69) is 48.9 Å². The van der Waals surface area contributed by atoms with E-state index in [4.69, 9.17) is 0 Å². The van der Waals surface area contributed by atoms with Gasteiger partial charge in [0.2, 0.25) is 0 Å². The Hall–Kier alpha value is -0.830. The lowest BCUT2D eigenvalue weighted by Crippen LogP contribution is -2.21. The van der Waals surface area contributed by atoms with Crippen LogP contribution < -0.4 is 5.32 Å². The number of aromatic nitrogens is 2. The van der Waals surface area contributed by atoms with E-state index in [1.165, 1.54) is 12.1 Å². The summed E-state index contributed by atoms with van der Waals surface area (Å²) in [6.45, 7) is 12.0. The zero-order valence-electron chi connectivity index (χ0n) is 11.1. The molecule has 1 heterocycles. The summed E-state index contributed by atoms with van der Waals surface area (Å²) in [4.78, 5) is 0. The second-order valence-corrected chi connectivity index (χ2v) is 5.53. The van der Waals surface area contributed by atoms with Gasteiger partial charge in [0.05, 0.1) is 5.69 Å². The molecule has 1 N–H and O–H groups in total. The van der Waals surface area contributed by atoms with Crippen molar-refractivity contribution in [1.29, 1.82) is 0 Å². The number of nitrogens with one attached hydrogen (secondary N) is 1. The van der Waals surface area contributed by atoms with Crippen LogP contribution in [0.1, 0.15) is 46.2 Å². The molecular formula is C13H25N3. The molecule has 1 aromatic heterocycles. The van der Waals surface area contributed by atoms with Crippen molar-refractivity contribution in [1.82, 2.24) is 15.1 Å². The van der Waals surface area contributed by atoms with E-state index in [-0.39, 0.29) is 0 Å². The van der Waals surface area contributed by atoms with Crippen molar-refractivity contribution in [3.05, 3.63) is 18.0 Å². The Morgan fingerprint density at radius 2 is 2.12 bits per heavy atom. The summed E-state index contributed by atoms with van der Waals surface area (Å²) in [5, 5.41) is 7.79. The number of aryl methyl sites for hydroxylation is 1. The van der Waals surface area contributed by atoms with Crippen LogP contribution in [0.4, 0.5) is 0 Å². The van der Waals surface area contributed by atoms with E-state index < -0.39 is 0 Å². The number of rotatable bonds is 6. The molecule has 0 unspecified atom stereocenters. The van der Waals surface area contributed by atoms with E-state index in [0.29, 0.717) is 5.41 Å². The van der Waals surface area contributed by atoms with Crippen LogP contribution in [0, 0.1) is 5.41 Å². The topological polar surface area (TPSA) is 29.9 Å². The highest BCUT2D eigenvalue weighted by atomic mass is 15.3. The van der Waals surface area contributed by atoms with Crippen molar-refractivity contribution >= 4 is 0 Å². The molecule has 0 aliphatic rings. The fourth-order valence-electron chi connectivity index (χ4n) is 1.60. The Balaban J connectivity index is 2.29. The fourth-order valence-corrected chi connectivity index (χ4v) is 1.60. The molecular weight excluding hydrogens is 198 g/mol. The van der Waals surface area contributed by atoms with Crippen LogP contribution in [0.2, 0.25) is 0 Å². The van der Waals surface area contributed by atoms with E-state index in [9.17, 15) is 0 Å². The second kappa shape index (κ2) is 6.04. The van der Waals surface area contributed by atoms with Crippen LogP contribution in [0.25, 0.3) is 0 Å². The van der Waals surface area contributed by atoms with Crippen LogP contribution in [0.5, 0.6) is 0 Å². The van der Waals surface area contributed by atoms with Gasteiger partial charge in [-0.2, -0.15) is 5.10 Å². The van der Waals surface area contributed by atoms with Gasteiger partial charge in [0.1, 0.15) is 0 Å². The monoisotopic (exact) mass is 223 g/mol. The van der Waals surface area contributed by atoms with Gasteiger partial charge in [0.15, 0.2) is 0 Å². The second-order valence-electron chi connectivity index (χ2n) is 5.53. The average molecular weight is 223 g/mol. The number of nitrogens with zero attached hydrogens (tertiary/aromatic N) is 2. The third-order valence-electron chi connectivity index (χ3n) is 2.60. The Morgan fingerprint density at radius 1 is 1.38 bits per heavy atom. The summed E-state index contributed by atoms with van der Waals surface area (Å²) in [5.74, 6) is 0. The third kappa shape index (κ3) is 4.79. The highest BCUT2D eigenvalue weighted by Crippen LogP contribution is 2.17. The molecule has 1 aromatic rings. The first kappa shape index (κ1) is 13.2. The van der Waals surface area contributed by atoms with Crippen molar-refractivity contribution < 1.29 is 0 Å². The van der Waals surface area contributed by atoms with Crippen molar-refractivity contribution in [2.45, 2.75) is 53.6 Å². The Morgan fingerprint density at radius 3 is 2.75 bits per heavy atom. The minimum atomic E-state index is 0.413. The predicted molar refractivity (Wildman–Crippen MR) is 68.3 cm³/mol. The minimum absolute atomic E-state index is 0.413. The first-order chi connectivity index (χ1) is 7.53. The molecule has 0 saturated carbocycles. The molecule has 0 aliphatic heterocycles. The molecule has 0 fully saturated rings. The van der Waals surface area contributed by atoms with E-state index in [0.717, 1.165) is 26.1 Å². The highest BCUT2D eigenvalue weighted by Gasteiger charge is 2.09. The minimum Gasteiger partial charge on any atom is -0.311 e. The van der Waals surface area contributed by atoms with Gasteiger partial charge in [0.25, 0.3) is 0 Å². The van der Waals surface area contributed by atoms with Gasteiger partial charge in [-0.25, -0.2) is 0 Å². The van der Waals surface area contributed by atoms with E-state index in [1.54, 1.807) is 0 Å². The van der Waals surface area contributed by atoms with Crippen LogP contribution in [-0.4, -0.2) is 16.3 Å². The van der Waals surface area contributed by atoms with E-state index in [1.807, 2.05) is 6.20 Å². The van der Waals surface area contributed by atoms with Crippen molar-refractivity contribution in [3.63, 3.8) is 0 Å². The molecule has 0 aliphatic carbocycles. The molecule has 0 atom stereocenters. The molecule has 1 rings (SSSR count). The van der Waals surface area contributed by atoms with Gasteiger partial charge in [0, 0.05) is 19.3 Å². The lowest BCUT2D eigenvalue weighted by atomic mass is 9.92. The summed E-state index contributed by atoms with van der Waals surface area (Å²) >= 11 is 0. The van der Waals surface area contributed by atoms with Gasteiger partial charge < -0.3 is 5.32 Å². The molecule has 0 aromatic carbocycles. The van der Waals surface area contributed by atoms with Crippen LogP contribution in [-0.2, 0) is 13.1 Å². The summed E-state index contributed by atoms with van der Waals surface area (Å²) in [6.07, 6.45) is 4.22. The smallest absolute Gasteiger partial charge is 0.0522 e. The van der Waals surface area contributed by atoms with Crippen molar-refractivity contribution in [2.24, 2.45) is 5.41 Å². The molecule has 0 amide bonds. The maximum atomic E-state index is 4.31. The van der Waals surface area contributed by atoms with E-state index >= 15 is 0 Å². The summed E-state index contributed by atoms with van der Waals surface area (Å²) < 4.78 is 2.09. The molecule has 0 spiro atoms. The molecule has 16 heavy (non-hydrogen) atoms. The first-order valence-electron chi connectivity index (χ1n) is 6.24. The average Bonchev–Trinajstić information content (AvgIpc) is 2.60. The molecule has 3 heteroatoms. The van der Waals surface area contributed by atoms with Gasteiger partial charge in [-0.15, -0.1) is 0 Å². The van der Waals surface area contributed by atoms with Gasteiger partial charge in [-0.1, -0.05) is 27.7 Å². The predicted octanol–water partition coefficient (Wildman–Crippen LogP) is 2.82. The van der Waals surface area contributed by atoms with Crippen LogP contribution in [0.3, 0.4) is 0 Å². The zero-order chi connectivity index (χ0) is 12.0. The van der Waals surface area contributed by atoms with Crippen LogP contribution >= 0.6 is 0 Å². The highest BCUT2D eigenvalue weighted by molar-refractivity contribution is 4.99. The molecule has 0 bridgehead atoms. The summed E-state index contributed by atoms with van der Waals surface area (Å²) in [7, 11) is 0. The lowest BCUT2D eigenvalue weighted by Gasteiger charge is -2.18.